The van der Waals surface area contributed by atoms with Gasteiger partial charge in [0, 0.05) is 17.3 Å². The summed E-state index contributed by atoms with van der Waals surface area (Å²) in [5, 5.41) is 1.45. The van der Waals surface area contributed by atoms with E-state index in [1.807, 2.05) is 60.7 Å². The van der Waals surface area contributed by atoms with Gasteiger partial charge in [0.1, 0.15) is 0 Å². The number of ether oxygens (including phenoxy) is 2. The van der Waals surface area contributed by atoms with Crippen LogP contribution in [0.2, 0.25) is 18.1 Å². The zero-order valence-corrected chi connectivity index (χ0v) is 22.1. The fraction of sp³-hybridized carbons (Fsp3) is 0.321. The predicted molar refractivity (Wildman–Crippen MR) is 142 cm³/mol. The van der Waals surface area contributed by atoms with Crippen LogP contribution in [0.3, 0.4) is 0 Å². The zero-order valence-electron chi connectivity index (χ0n) is 21.1. The van der Waals surface area contributed by atoms with Gasteiger partial charge in [0.2, 0.25) is 0 Å². The maximum atomic E-state index is 13.1. The molecule has 178 valence electrons. The number of para-hydroxylation sites is 2. The molecule has 0 atom stereocenters. The van der Waals surface area contributed by atoms with Crippen LogP contribution in [0.5, 0.6) is 17.2 Å². The van der Waals surface area contributed by atoms with E-state index in [1.165, 1.54) is 0 Å². The lowest BCUT2D eigenvalue weighted by molar-refractivity contribution is 0.353. The van der Waals surface area contributed by atoms with Gasteiger partial charge in [-0.25, -0.2) is 0 Å². The molecule has 34 heavy (non-hydrogen) atoms. The Labute approximate surface area is 202 Å². The van der Waals surface area contributed by atoms with E-state index in [9.17, 15) is 4.79 Å². The first-order valence-electron chi connectivity index (χ1n) is 11.5. The lowest BCUT2D eigenvalue weighted by atomic mass is 10.1. The number of fused-ring (bicyclic) bond motifs is 2. The molecular formula is C28H33NO4Si. The Kier molecular flexibility index (Phi) is 6.21. The highest BCUT2D eigenvalue weighted by molar-refractivity contribution is 6.74. The van der Waals surface area contributed by atoms with Crippen LogP contribution in [0, 0.1) is 0 Å². The molecule has 6 heteroatoms. The largest absolute Gasteiger partial charge is 0.539 e. The van der Waals surface area contributed by atoms with Crippen LogP contribution in [0.15, 0.2) is 65.5 Å². The van der Waals surface area contributed by atoms with E-state index in [0.717, 1.165) is 16.6 Å². The van der Waals surface area contributed by atoms with Gasteiger partial charge in [0.05, 0.1) is 25.3 Å². The highest BCUT2D eigenvalue weighted by Crippen LogP contribution is 2.45. The van der Waals surface area contributed by atoms with Crippen molar-refractivity contribution in [2.45, 2.75) is 45.4 Å². The Hall–Kier alpha value is -3.25. The number of hydrogen-bond acceptors (Lipinski definition) is 4. The molecule has 0 bridgehead atoms. The second-order valence-electron chi connectivity index (χ2n) is 10.1. The molecule has 0 amide bonds. The van der Waals surface area contributed by atoms with Crippen molar-refractivity contribution in [1.82, 2.24) is 4.57 Å². The summed E-state index contributed by atoms with van der Waals surface area (Å²) < 4.78 is 20.3. The maximum absolute atomic E-state index is 13.1. The molecule has 0 aliphatic carbocycles. The van der Waals surface area contributed by atoms with Gasteiger partial charge >= 0.3 is 0 Å². The minimum atomic E-state index is -2.11. The molecule has 3 aromatic carbocycles. The SMILES string of the molecule is COc1cc(Cn2c3ccccc3c(=O)c3ccccc32)cc(OC)c1O[Si](C)(C)C(C)(C)C. The van der Waals surface area contributed by atoms with Crippen LogP contribution in [0.4, 0.5) is 0 Å². The first-order valence-corrected chi connectivity index (χ1v) is 14.4. The van der Waals surface area contributed by atoms with E-state index in [4.69, 9.17) is 13.9 Å². The Balaban J connectivity index is 1.87. The van der Waals surface area contributed by atoms with Gasteiger partial charge in [-0.05, 0) is 60.1 Å². The van der Waals surface area contributed by atoms with Crippen LogP contribution in [0.25, 0.3) is 21.8 Å². The average molecular weight is 476 g/mol. The highest BCUT2D eigenvalue weighted by atomic mass is 28.4. The van der Waals surface area contributed by atoms with Crippen LogP contribution >= 0.6 is 0 Å². The van der Waals surface area contributed by atoms with Crippen molar-refractivity contribution in [3.8, 4) is 17.2 Å². The van der Waals surface area contributed by atoms with Crippen LogP contribution in [0.1, 0.15) is 26.3 Å². The number of hydrogen-bond donors (Lipinski definition) is 0. The molecule has 0 aliphatic rings. The second-order valence-corrected chi connectivity index (χ2v) is 14.9. The molecule has 0 saturated carbocycles. The number of aromatic nitrogens is 1. The lowest BCUT2D eigenvalue weighted by Gasteiger charge is -2.37. The summed E-state index contributed by atoms with van der Waals surface area (Å²) in [7, 11) is 1.20. The molecular weight excluding hydrogens is 442 g/mol. The predicted octanol–water partition coefficient (Wildman–Crippen LogP) is 6.60. The van der Waals surface area contributed by atoms with Crippen molar-refractivity contribution in [2.75, 3.05) is 14.2 Å². The Bertz CT molecular complexity index is 1330. The fourth-order valence-electron chi connectivity index (χ4n) is 3.96. The molecule has 0 radical (unpaired) electrons. The van der Waals surface area contributed by atoms with Crippen molar-refractivity contribution in [3.63, 3.8) is 0 Å². The first kappa shape index (κ1) is 23.9. The van der Waals surface area contributed by atoms with Gasteiger partial charge in [-0.1, -0.05) is 45.0 Å². The van der Waals surface area contributed by atoms with Gasteiger partial charge in [-0.2, -0.15) is 0 Å². The first-order chi connectivity index (χ1) is 16.1. The van der Waals surface area contributed by atoms with Crippen LogP contribution < -0.4 is 19.3 Å². The average Bonchev–Trinajstić information content (AvgIpc) is 2.81. The van der Waals surface area contributed by atoms with Crippen LogP contribution in [-0.2, 0) is 6.54 Å². The molecule has 0 N–H and O–H groups in total. The van der Waals surface area contributed by atoms with Gasteiger partial charge in [-0.3, -0.25) is 4.79 Å². The zero-order chi connectivity index (χ0) is 24.7. The summed E-state index contributed by atoms with van der Waals surface area (Å²) in [6.07, 6.45) is 0. The third kappa shape index (κ3) is 4.18. The van der Waals surface area contributed by atoms with Crippen molar-refractivity contribution in [1.29, 1.82) is 0 Å². The summed E-state index contributed by atoms with van der Waals surface area (Å²) in [6.45, 7) is 11.6. The van der Waals surface area contributed by atoms with E-state index in [0.29, 0.717) is 34.6 Å². The Morgan fingerprint density at radius 1 is 0.824 bits per heavy atom. The lowest BCUT2D eigenvalue weighted by Crippen LogP contribution is -2.44. The molecule has 4 rings (SSSR count). The van der Waals surface area contributed by atoms with E-state index < -0.39 is 8.32 Å². The number of nitrogens with zero attached hydrogens (tertiary/aromatic N) is 1. The molecule has 0 saturated heterocycles. The van der Waals surface area contributed by atoms with E-state index in [1.54, 1.807) is 14.2 Å². The minimum Gasteiger partial charge on any atom is -0.539 e. The fourth-order valence-corrected chi connectivity index (χ4v) is 4.98. The van der Waals surface area contributed by atoms with Crippen LogP contribution in [-0.4, -0.2) is 27.1 Å². The topological polar surface area (TPSA) is 49.7 Å². The smallest absolute Gasteiger partial charge is 0.250 e. The summed E-state index contributed by atoms with van der Waals surface area (Å²) in [5.41, 5.74) is 2.84. The summed E-state index contributed by atoms with van der Waals surface area (Å²) in [5.74, 6) is 1.94. The van der Waals surface area contributed by atoms with Gasteiger partial charge in [0.25, 0.3) is 8.32 Å². The standard InChI is InChI=1S/C28H33NO4Si/c1-28(2,3)34(6,7)33-27-24(31-4)16-19(17-25(27)32-5)18-29-22-14-10-8-12-20(22)26(30)21-13-9-11-15-23(21)29/h8-17H,18H2,1-7H3. The Morgan fingerprint density at radius 2 is 1.29 bits per heavy atom. The summed E-state index contributed by atoms with van der Waals surface area (Å²) >= 11 is 0. The van der Waals surface area contributed by atoms with Crippen molar-refractivity contribution >= 4 is 30.1 Å². The number of rotatable bonds is 6. The van der Waals surface area contributed by atoms with Gasteiger partial charge in [0.15, 0.2) is 22.7 Å². The molecule has 4 aromatic rings. The van der Waals surface area contributed by atoms with E-state index >= 15 is 0 Å². The third-order valence-electron chi connectivity index (χ3n) is 6.90. The van der Waals surface area contributed by atoms with E-state index in [2.05, 4.69) is 38.4 Å². The highest BCUT2D eigenvalue weighted by Gasteiger charge is 2.40. The molecule has 0 fully saturated rings. The van der Waals surface area contributed by atoms with Crippen molar-refractivity contribution < 1.29 is 13.9 Å². The number of pyridine rings is 1. The third-order valence-corrected chi connectivity index (χ3v) is 11.2. The summed E-state index contributed by atoms with van der Waals surface area (Å²) in [4.78, 5) is 13.1. The molecule has 1 heterocycles. The molecule has 0 aliphatic heterocycles. The molecule has 0 unspecified atom stereocenters. The van der Waals surface area contributed by atoms with Gasteiger partial charge in [-0.15, -0.1) is 0 Å². The Morgan fingerprint density at radius 3 is 1.74 bits per heavy atom. The molecule has 5 nitrogen and oxygen atoms in total. The number of methoxy groups -OCH3 is 2. The molecule has 1 aromatic heterocycles. The van der Waals surface area contributed by atoms with Crippen molar-refractivity contribution in [3.05, 3.63) is 76.5 Å². The normalized spacial score (nSPS) is 12.2. The maximum Gasteiger partial charge on any atom is 0.250 e. The quantitative estimate of drug-likeness (QED) is 0.233. The summed E-state index contributed by atoms with van der Waals surface area (Å²) in [6, 6.07) is 19.5. The van der Waals surface area contributed by atoms with Crippen molar-refractivity contribution in [2.24, 2.45) is 0 Å². The molecule has 0 spiro atoms. The van der Waals surface area contributed by atoms with Gasteiger partial charge < -0.3 is 18.5 Å². The minimum absolute atomic E-state index is 0.0372. The monoisotopic (exact) mass is 475 g/mol. The number of benzene rings is 3. The second kappa shape index (κ2) is 8.84. The van der Waals surface area contributed by atoms with E-state index in [-0.39, 0.29) is 10.5 Å².